The largest absolute Gasteiger partial charge is 0.481 e. The zero-order chi connectivity index (χ0) is 40.0. The third kappa shape index (κ3) is 8.12. The first-order valence-electron chi connectivity index (χ1n) is 22.6. The van der Waals surface area contributed by atoms with Crippen molar-refractivity contribution in [3.8, 4) is 0 Å². The maximum Gasteiger partial charge on any atom is 0.306 e. The Morgan fingerprint density at radius 1 is 0.818 bits per heavy atom. The summed E-state index contributed by atoms with van der Waals surface area (Å²) in [5, 5.41) is 22.6. The molecule has 5 aliphatic carbocycles. The molecule has 6 aliphatic rings. The standard InChI is InChI=1S/C47H81N3O5/c1-33(2)34-13-18-47(21-23-48-22-10-24-49-25-27-50(28-26-49)29-30-51)20-19-45(8)35(41(34)47)11-12-37-44(7)16-15-38(43(5,6)36(44)14-17-46(37,45)9)55-40(54)32-42(3,4)31-39(52)53/h34-38,41,48,51H,1,10-32H2,2-9H3,(H,52,53)/t34-,35+,36-,37+,38-,41+,44-,45+,46+,47+/m0/s1. The number of carboxylic acids is 1. The molecule has 55 heavy (non-hydrogen) atoms. The van der Waals surface area contributed by atoms with Crippen LogP contribution >= 0.6 is 0 Å². The summed E-state index contributed by atoms with van der Waals surface area (Å²) >= 11 is 0. The van der Waals surface area contributed by atoms with Gasteiger partial charge in [0, 0.05) is 38.1 Å². The molecular formula is C47H81N3O5. The number of hydrogen-bond donors (Lipinski definition) is 3. The van der Waals surface area contributed by atoms with Crippen LogP contribution in [0.3, 0.4) is 0 Å². The summed E-state index contributed by atoms with van der Waals surface area (Å²) in [6.07, 6.45) is 15.0. The normalized spacial score (nSPS) is 40.4. The van der Waals surface area contributed by atoms with Gasteiger partial charge in [-0.05, 0) is 160 Å². The average Bonchev–Trinajstić information content (AvgIpc) is 3.48. The number of aliphatic hydroxyl groups is 1. The van der Waals surface area contributed by atoms with Gasteiger partial charge < -0.3 is 25.2 Å². The summed E-state index contributed by atoms with van der Waals surface area (Å²) < 4.78 is 6.31. The summed E-state index contributed by atoms with van der Waals surface area (Å²) in [6.45, 7) is 32.4. The third-order valence-corrected chi connectivity index (χ3v) is 18.2. The number of hydrogen-bond acceptors (Lipinski definition) is 7. The van der Waals surface area contributed by atoms with Crippen molar-refractivity contribution in [3.63, 3.8) is 0 Å². The second-order valence-electron chi connectivity index (χ2n) is 22.1. The van der Waals surface area contributed by atoms with Crippen LogP contribution in [0.1, 0.15) is 145 Å². The molecule has 314 valence electrons. The van der Waals surface area contributed by atoms with Crippen LogP contribution in [-0.2, 0) is 14.3 Å². The van der Waals surface area contributed by atoms with Gasteiger partial charge in [-0.3, -0.25) is 14.5 Å². The SMILES string of the molecule is C=C(C)[C@@H]1CC[C@]2(CCNCCCN3CCN(CCO)CC3)CC[C@]3(C)[C@H](CC[C@@H]4[C@@]5(C)CC[C@H](OC(=O)CC(C)(C)CC(=O)O)C(C)(C)[C@@H]5CC[C@]43C)[C@@H]12. The van der Waals surface area contributed by atoms with Crippen LogP contribution in [0.2, 0.25) is 0 Å². The van der Waals surface area contributed by atoms with E-state index in [9.17, 15) is 19.8 Å². The summed E-state index contributed by atoms with van der Waals surface area (Å²) in [7, 11) is 0. The highest BCUT2D eigenvalue weighted by Gasteiger charge is 2.71. The zero-order valence-electron chi connectivity index (χ0n) is 36.4. The van der Waals surface area contributed by atoms with E-state index in [0.29, 0.717) is 28.6 Å². The van der Waals surface area contributed by atoms with Crippen molar-refractivity contribution in [2.45, 2.75) is 151 Å². The maximum atomic E-state index is 13.3. The van der Waals surface area contributed by atoms with E-state index in [2.05, 4.69) is 63.2 Å². The Labute approximate surface area is 335 Å². The van der Waals surface area contributed by atoms with Crippen LogP contribution in [0, 0.1) is 62.1 Å². The van der Waals surface area contributed by atoms with Gasteiger partial charge in [-0.1, -0.05) is 60.6 Å². The number of nitrogens with zero attached hydrogens (tertiary/aromatic N) is 2. The van der Waals surface area contributed by atoms with E-state index in [0.717, 1.165) is 70.5 Å². The topological polar surface area (TPSA) is 102 Å². The molecule has 0 radical (unpaired) electrons. The molecule has 0 aromatic heterocycles. The van der Waals surface area contributed by atoms with Crippen LogP contribution in [0.15, 0.2) is 12.2 Å². The number of carbonyl (C=O) groups is 2. The van der Waals surface area contributed by atoms with Gasteiger partial charge in [0.05, 0.1) is 19.4 Å². The van der Waals surface area contributed by atoms with Crippen molar-refractivity contribution in [1.82, 2.24) is 15.1 Å². The predicted molar refractivity (Wildman–Crippen MR) is 222 cm³/mol. The van der Waals surface area contributed by atoms with Gasteiger partial charge in [-0.15, -0.1) is 0 Å². The molecule has 6 fully saturated rings. The molecular weight excluding hydrogens is 687 g/mol. The molecule has 0 amide bonds. The average molecular weight is 768 g/mol. The number of ether oxygens (including phenoxy) is 1. The number of esters is 1. The number of aliphatic hydroxyl groups excluding tert-OH is 1. The Hall–Kier alpha value is -1.48. The fourth-order valence-electron chi connectivity index (χ4n) is 15.2. The van der Waals surface area contributed by atoms with E-state index >= 15 is 0 Å². The minimum atomic E-state index is -0.869. The van der Waals surface area contributed by atoms with Crippen LogP contribution < -0.4 is 5.32 Å². The van der Waals surface area contributed by atoms with Crippen LogP contribution in [0.25, 0.3) is 0 Å². The molecule has 3 N–H and O–H groups in total. The quantitative estimate of drug-likeness (QED) is 0.0868. The summed E-state index contributed by atoms with van der Waals surface area (Å²) in [4.78, 5) is 29.7. The number of β-amino-alcohol motifs (C(OH)–C–C–N with tert-alkyl or cyclic N) is 1. The smallest absolute Gasteiger partial charge is 0.306 e. The van der Waals surface area contributed by atoms with E-state index in [1.165, 1.54) is 76.3 Å². The molecule has 0 bridgehead atoms. The minimum Gasteiger partial charge on any atom is -0.481 e. The molecule has 5 saturated carbocycles. The number of nitrogens with one attached hydrogen (secondary N) is 1. The molecule has 6 rings (SSSR count). The number of fused-ring (bicyclic) bond motifs is 7. The highest BCUT2D eigenvalue weighted by molar-refractivity contribution is 5.73. The predicted octanol–water partition coefficient (Wildman–Crippen LogP) is 8.43. The van der Waals surface area contributed by atoms with Gasteiger partial charge >= 0.3 is 11.9 Å². The van der Waals surface area contributed by atoms with Crippen molar-refractivity contribution in [1.29, 1.82) is 0 Å². The Balaban J connectivity index is 1.10. The molecule has 1 heterocycles. The summed E-state index contributed by atoms with van der Waals surface area (Å²) in [6, 6.07) is 0. The summed E-state index contributed by atoms with van der Waals surface area (Å²) in [5.74, 6) is 2.18. The van der Waals surface area contributed by atoms with Gasteiger partial charge in [-0.2, -0.15) is 0 Å². The molecule has 8 heteroatoms. The Kier molecular flexibility index (Phi) is 12.8. The number of piperazine rings is 1. The number of allylic oxidation sites excluding steroid dienone is 1. The third-order valence-electron chi connectivity index (χ3n) is 18.2. The lowest BCUT2D eigenvalue weighted by atomic mass is 9.32. The fourth-order valence-corrected chi connectivity index (χ4v) is 15.2. The fraction of sp³-hybridized carbons (Fsp3) is 0.915. The van der Waals surface area contributed by atoms with E-state index in [-0.39, 0.29) is 47.8 Å². The number of rotatable bonds is 15. The van der Waals surface area contributed by atoms with E-state index < -0.39 is 11.4 Å². The highest BCUT2D eigenvalue weighted by Crippen LogP contribution is 2.78. The zero-order valence-corrected chi connectivity index (χ0v) is 36.4. The van der Waals surface area contributed by atoms with Gasteiger partial charge in [0.2, 0.25) is 0 Å². The van der Waals surface area contributed by atoms with Crippen molar-refractivity contribution in [3.05, 3.63) is 12.2 Å². The molecule has 0 unspecified atom stereocenters. The lowest BCUT2D eigenvalue weighted by Gasteiger charge is -2.73. The molecule has 1 aliphatic heterocycles. The van der Waals surface area contributed by atoms with E-state index in [1.54, 1.807) is 0 Å². The molecule has 10 atom stereocenters. The summed E-state index contributed by atoms with van der Waals surface area (Å²) in [5.41, 5.74) is 1.92. The molecule has 8 nitrogen and oxygen atoms in total. The van der Waals surface area contributed by atoms with Crippen molar-refractivity contribution in [2.24, 2.45) is 62.1 Å². The number of carbonyl (C=O) groups excluding carboxylic acids is 1. The lowest BCUT2D eigenvalue weighted by Crippen LogP contribution is -2.66. The molecule has 1 saturated heterocycles. The van der Waals surface area contributed by atoms with Gasteiger partial charge in [0.15, 0.2) is 0 Å². The first kappa shape index (κ1) is 43.1. The maximum absolute atomic E-state index is 13.3. The van der Waals surface area contributed by atoms with Crippen molar-refractivity contribution >= 4 is 11.9 Å². The van der Waals surface area contributed by atoms with E-state index in [4.69, 9.17) is 4.74 Å². The van der Waals surface area contributed by atoms with Crippen molar-refractivity contribution in [2.75, 3.05) is 59.0 Å². The highest BCUT2D eigenvalue weighted by atomic mass is 16.5. The first-order valence-corrected chi connectivity index (χ1v) is 22.6. The molecule has 0 spiro atoms. The Bertz CT molecular complexity index is 1390. The lowest BCUT2D eigenvalue weighted by molar-refractivity contribution is -0.250. The van der Waals surface area contributed by atoms with Crippen molar-refractivity contribution < 1.29 is 24.5 Å². The van der Waals surface area contributed by atoms with Gasteiger partial charge in [-0.25, -0.2) is 0 Å². The molecule has 0 aromatic carbocycles. The first-order chi connectivity index (χ1) is 25.8. The second kappa shape index (κ2) is 16.3. The number of aliphatic carboxylic acids is 1. The number of carboxylic acid groups (broad SMARTS) is 1. The van der Waals surface area contributed by atoms with Crippen LogP contribution in [0.4, 0.5) is 0 Å². The minimum absolute atomic E-state index is 0.0325. The second-order valence-corrected chi connectivity index (χ2v) is 22.1. The Morgan fingerprint density at radius 2 is 1.51 bits per heavy atom. The van der Waals surface area contributed by atoms with Gasteiger partial charge in [0.1, 0.15) is 6.10 Å². The van der Waals surface area contributed by atoms with Gasteiger partial charge in [0.25, 0.3) is 0 Å². The van der Waals surface area contributed by atoms with E-state index in [1.807, 2.05) is 13.8 Å². The van der Waals surface area contributed by atoms with Crippen LogP contribution in [-0.4, -0.2) is 97.0 Å². The Morgan fingerprint density at radius 3 is 2.16 bits per heavy atom. The molecule has 0 aromatic rings. The monoisotopic (exact) mass is 768 g/mol. The van der Waals surface area contributed by atoms with Crippen LogP contribution in [0.5, 0.6) is 0 Å².